The molecule has 136 valence electrons. The molecular weight excluding hydrogens is 426 g/mol. The van der Waals surface area contributed by atoms with Crippen LogP contribution in [0, 0.1) is 6.92 Å². The molecule has 0 aliphatic carbocycles. The molecule has 1 fully saturated rings. The zero-order valence-corrected chi connectivity index (χ0v) is 17.3. The third kappa shape index (κ3) is 4.22. The van der Waals surface area contributed by atoms with Gasteiger partial charge >= 0.3 is 0 Å². The highest BCUT2D eigenvalue weighted by molar-refractivity contribution is 9.10. The summed E-state index contributed by atoms with van der Waals surface area (Å²) < 4.78 is 33.4. The van der Waals surface area contributed by atoms with Crippen molar-refractivity contribution in [2.45, 2.75) is 18.4 Å². The maximum absolute atomic E-state index is 13.0. The lowest BCUT2D eigenvalue weighted by Gasteiger charge is -2.33. The van der Waals surface area contributed by atoms with Crippen LogP contribution in [0.2, 0.25) is 0 Å². The molecule has 0 amide bonds. The van der Waals surface area contributed by atoms with Gasteiger partial charge in [-0.05, 0) is 25.1 Å². The van der Waals surface area contributed by atoms with E-state index < -0.39 is 10.0 Å². The summed E-state index contributed by atoms with van der Waals surface area (Å²) in [6, 6.07) is 5.03. The molecule has 0 saturated carbocycles. The molecule has 1 aliphatic heterocycles. The molecule has 0 unspecified atom stereocenters. The quantitative estimate of drug-likeness (QED) is 0.707. The van der Waals surface area contributed by atoms with Gasteiger partial charge in [0.25, 0.3) is 0 Å². The SMILES string of the molecule is COc1ccc(Br)cc1S(=O)(=O)N1CCN(Cc2csc(C)n2)CC1. The molecule has 1 aromatic heterocycles. The number of nitrogens with zero attached hydrogens (tertiary/aromatic N) is 3. The highest BCUT2D eigenvalue weighted by Gasteiger charge is 2.31. The number of ether oxygens (including phenoxy) is 1. The van der Waals surface area contributed by atoms with Crippen molar-refractivity contribution >= 4 is 37.3 Å². The predicted molar refractivity (Wildman–Crippen MR) is 102 cm³/mol. The molecule has 2 aromatic rings. The molecule has 25 heavy (non-hydrogen) atoms. The van der Waals surface area contributed by atoms with Crippen molar-refractivity contribution < 1.29 is 13.2 Å². The van der Waals surface area contributed by atoms with Crippen molar-refractivity contribution in [3.05, 3.63) is 38.8 Å². The molecular formula is C16H20BrN3O3S2. The fourth-order valence-electron chi connectivity index (χ4n) is 2.83. The van der Waals surface area contributed by atoms with E-state index in [1.807, 2.05) is 6.92 Å². The molecule has 9 heteroatoms. The Morgan fingerprint density at radius 2 is 2.00 bits per heavy atom. The van der Waals surface area contributed by atoms with Crippen molar-refractivity contribution in [3.8, 4) is 5.75 Å². The lowest BCUT2D eigenvalue weighted by Crippen LogP contribution is -2.48. The Bertz CT molecular complexity index is 846. The fourth-order valence-corrected chi connectivity index (χ4v) is 5.55. The Balaban J connectivity index is 1.70. The summed E-state index contributed by atoms with van der Waals surface area (Å²) in [5, 5.41) is 3.11. The maximum Gasteiger partial charge on any atom is 0.246 e. The van der Waals surface area contributed by atoms with Gasteiger partial charge in [-0.25, -0.2) is 13.4 Å². The topological polar surface area (TPSA) is 62.7 Å². The third-order valence-electron chi connectivity index (χ3n) is 4.13. The molecule has 0 radical (unpaired) electrons. The van der Waals surface area contributed by atoms with Crippen molar-refractivity contribution in [2.24, 2.45) is 0 Å². The third-order valence-corrected chi connectivity index (χ3v) is 7.36. The van der Waals surface area contributed by atoms with E-state index in [4.69, 9.17) is 4.74 Å². The standard InChI is InChI=1S/C16H20BrN3O3S2/c1-12-18-14(11-24-12)10-19-5-7-20(8-6-19)25(21,22)16-9-13(17)3-4-15(16)23-2/h3-4,9,11H,5-8,10H2,1-2H3. The fraction of sp³-hybridized carbons (Fsp3) is 0.438. The van der Waals surface area contributed by atoms with Crippen LogP contribution in [0.4, 0.5) is 0 Å². The average Bonchev–Trinajstić information content (AvgIpc) is 3.00. The highest BCUT2D eigenvalue weighted by Crippen LogP contribution is 2.30. The first-order valence-corrected chi connectivity index (χ1v) is 11.0. The van der Waals surface area contributed by atoms with E-state index in [-0.39, 0.29) is 4.90 Å². The second-order valence-corrected chi connectivity index (χ2v) is 9.72. The molecule has 2 heterocycles. The number of sulfonamides is 1. The number of halogens is 1. The summed E-state index contributed by atoms with van der Waals surface area (Å²) in [6.45, 7) is 5.04. The number of hydrogen-bond donors (Lipinski definition) is 0. The van der Waals surface area contributed by atoms with Crippen LogP contribution in [0.15, 0.2) is 32.9 Å². The van der Waals surface area contributed by atoms with Crippen molar-refractivity contribution in [1.82, 2.24) is 14.2 Å². The van der Waals surface area contributed by atoms with Gasteiger partial charge in [-0.15, -0.1) is 11.3 Å². The van der Waals surface area contributed by atoms with Crippen molar-refractivity contribution in [3.63, 3.8) is 0 Å². The van der Waals surface area contributed by atoms with E-state index in [2.05, 4.69) is 31.2 Å². The van der Waals surface area contributed by atoms with E-state index in [1.54, 1.807) is 29.5 Å². The Hall–Kier alpha value is -1.00. The number of methoxy groups -OCH3 is 1. The molecule has 3 rings (SSSR count). The molecule has 0 N–H and O–H groups in total. The Morgan fingerprint density at radius 3 is 2.60 bits per heavy atom. The van der Waals surface area contributed by atoms with Crippen LogP contribution in [0.3, 0.4) is 0 Å². The van der Waals surface area contributed by atoms with E-state index in [1.165, 1.54) is 11.4 Å². The largest absolute Gasteiger partial charge is 0.495 e. The zero-order chi connectivity index (χ0) is 18.0. The number of thiazole rings is 1. The van der Waals surface area contributed by atoms with Gasteiger partial charge in [0.2, 0.25) is 10.0 Å². The average molecular weight is 446 g/mol. The van der Waals surface area contributed by atoms with Gasteiger partial charge in [-0.2, -0.15) is 4.31 Å². The first-order valence-electron chi connectivity index (χ1n) is 7.87. The molecule has 0 atom stereocenters. The van der Waals surface area contributed by atoms with Crippen LogP contribution in [0.1, 0.15) is 10.7 Å². The smallest absolute Gasteiger partial charge is 0.246 e. The van der Waals surface area contributed by atoms with Gasteiger partial charge in [-0.1, -0.05) is 15.9 Å². The molecule has 0 bridgehead atoms. The van der Waals surface area contributed by atoms with Crippen LogP contribution in [0.25, 0.3) is 0 Å². The number of hydrogen-bond acceptors (Lipinski definition) is 6. The van der Waals surface area contributed by atoms with Crippen LogP contribution < -0.4 is 4.74 Å². The van der Waals surface area contributed by atoms with Gasteiger partial charge in [0.1, 0.15) is 10.6 Å². The lowest BCUT2D eigenvalue weighted by molar-refractivity contribution is 0.180. The summed E-state index contributed by atoms with van der Waals surface area (Å²) in [6.07, 6.45) is 0. The number of rotatable bonds is 5. The van der Waals surface area contributed by atoms with Gasteiger partial charge in [-0.3, -0.25) is 4.90 Å². The summed E-state index contributed by atoms with van der Waals surface area (Å²) in [4.78, 5) is 6.91. The van der Waals surface area contributed by atoms with Crippen molar-refractivity contribution in [1.29, 1.82) is 0 Å². The number of benzene rings is 1. The summed E-state index contributed by atoms with van der Waals surface area (Å²) >= 11 is 4.98. The minimum atomic E-state index is -3.58. The number of piperazine rings is 1. The molecule has 1 aromatic carbocycles. The summed E-state index contributed by atoms with van der Waals surface area (Å²) in [7, 11) is -2.10. The minimum absolute atomic E-state index is 0.202. The Labute approximate surface area is 160 Å². The Kier molecular flexibility index (Phi) is 5.79. The first-order chi connectivity index (χ1) is 11.9. The Morgan fingerprint density at radius 1 is 1.28 bits per heavy atom. The van der Waals surface area contributed by atoms with E-state index in [9.17, 15) is 8.42 Å². The predicted octanol–water partition coefficient (Wildman–Crippen LogP) is 2.73. The highest BCUT2D eigenvalue weighted by atomic mass is 79.9. The lowest BCUT2D eigenvalue weighted by atomic mass is 10.3. The monoisotopic (exact) mass is 445 g/mol. The first kappa shape index (κ1) is 18.8. The van der Waals surface area contributed by atoms with Crippen LogP contribution in [-0.2, 0) is 16.6 Å². The normalized spacial score (nSPS) is 16.9. The van der Waals surface area contributed by atoms with E-state index in [0.29, 0.717) is 36.4 Å². The molecule has 1 aliphatic rings. The van der Waals surface area contributed by atoms with Crippen molar-refractivity contribution in [2.75, 3.05) is 33.3 Å². The number of aromatic nitrogens is 1. The number of aryl methyl sites for hydroxylation is 1. The van der Waals surface area contributed by atoms with Gasteiger partial charge in [0.15, 0.2) is 0 Å². The van der Waals surface area contributed by atoms with E-state index >= 15 is 0 Å². The summed E-state index contributed by atoms with van der Waals surface area (Å²) in [5.74, 6) is 0.364. The van der Waals surface area contributed by atoms with Crippen LogP contribution in [0.5, 0.6) is 5.75 Å². The summed E-state index contributed by atoms with van der Waals surface area (Å²) in [5.41, 5.74) is 1.05. The van der Waals surface area contributed by atoms with Gasteiger partial charge < -0.3 is 4.74 Å². The molecule has 1 saturated heterocycles. The van der Waals surface area contributed by atoms with Crippen LogP contribution >= 0.6 is 27.3 Å². The molecule has 6 nitrogen and oxygen atoms in total. The zero-order valence-electron chi connectivity index (χ0n) is 14.1. The van der Waals surface area contributed by atoms with Crippen LogP contribution in [-0.4, -0.2) is 55.9 Å². The maximum atomic E-state index is 13.0. The van der Waals surface area contributed by atoms with E-state index in [0.717, 1.165) is 17.2 Å². The van der Waals surface area contributed by atoms with Gasteiger partial charge in [0.05, 0.1) is 17.8 Å². The second kappa shape index (κ2) is 7.71. The second-order valence-electron chi connectivity index (χ2n) is 5.83. The molecule has 0 spiro atoms. The van der Waals surface area contributed by atoms with Gasteiger partial charge in [0, 0.05) is 42.6 Å². The minimum Gasteiger partial charge on any atom is -0.495 e.